The fourth-order valence-electron chi connectivity index (χ4n) is 2.45. The van der Waals surface area contributed by atoms with Gasteiger partial charge < -0.3 is 9.64 Å². The first kappa shape index (κ1) is 13.0. The lowest BCUT2D eigenvalue weighted by molar-refractivity contribution is -0.175. The monoisotopic (exact) mass is 271 g/mol. The molecule has 2 saturated heterocycles. The van der Waals surface area contributed by atoms with E-state index in [2.05, 4.69) is 0 Å². The summed E-state index contributed by atoms with van der Waals surface area (Å²) in [4.78, 5) is 12.5. The Bertz CT molecular complexity index is 319. The van der Waals surface area contributed by atoms with Crippen LogP contribution in [0.3, 0.4) is 0 Å². The number of nitrogens with zero attached hydrogens (tertiary/aromatic N) is 1. The van der Waals surface area contributed by atoms with Gasteiger partial charge in [-0.25, -0.2) is 13.2 Å². The Labute approximate surface area is 102 Å². The SMILES string of the molecule is O=C(C(F)Cl)N1CCC(F)(F)C2(CCOC2)C1. The van der Waals surface area contributed by atoms with Gasteiger partial charge in [0.1, 0.15) is 0 Å². The highest BCUT2D eigenvalue weighted by molar-refractivity contribution is 6.29. The van der Waals surface area contributed by atoms with E-state index >= 15 is 0 Å². The van der Waals surface area contributed by atoms with Crippen LogP contribution < -0.4 is 0 Å². The molecule has 0 aromatic rings. The van der Waals surface area contributed by atoms with Crippen molar-refractivity contribution < 1.29 is 22.7 Å². The van der Waals surface area contributed by atoms with Crippen LogP contribution in [0.4, 0.5) is 13.2 Å². The van der Waals surface area contributed by atoms with E-state index in [1.165, 1.54) is 0 Å². The van der Waals surface area contributed by atoms with Crippen molar-refractivity contribution in [3.63, 3.8) is 0 Å². The Morgan fingerprint density at radius 2 is 2.12 bits per heavy atom. The molecule has 2 heterocycles. The number of ether oxygens (including phenoxy) is 1. The molecule has 0 aromatic carbocycles. The molecule has 2 aliphatic rings. The Morgan fingerprint density at radius 1 is 1.41 bits per heavy atom. The van der Waals surface area contributed by atoms with Gasteiger partial charge in [-0.3, -0.25) is 4.79 Å². The maximum absolute atomic E-state index is 13.9. The van der Waals surface area contributed by atoms with Crippen molar-refractivity contribution in [3.8, 4) is 0 Å². The van der Waals surface area contributed by atoms with Gasteiger partial charge >= 0.3 is 0 Å². The summed E-state index contributed by atoms with van der Waals surface area (Å²) in [6, 6.07) is 0. The summed E-state index contributed by atoms with van der Waals surface area (Å²) < 4.78 is 45.4. The molecule has 17 heavy (non-hydrogen) atoms. The quantitative estimate of drug-likeness (QED) is 0.681. The fourth-order valence-corrected chi connectivity index (χ4v) is 2.59. The van der Waals surface area contributed by atoms with E-state index in [-0.39, 0.29) is 32.7 Å². The minimum atomic E-state index is -2.88. The van der Waals surface area contributed by atoms with E-state index < -0.39 is 29.3 Å². The minimum absolute atomic E-state index is 0.0942. The van der Waals surface area contributed by atoms with Crippen LogP contribution >= 0.6 is 11.6 Å². The summed E-state index contributed by atoms with van der Waals surface area (Å²) in [5, 5.41) is 0. The number of carbonyl (C=O) groups excluding carboxylic acids is 1. The van der Waals surface area contributed by atoms with Crippen LogP contribution in [0.1, 0.15) is 12.8 Å². The number of alkyl halides is 4. The molecule has 2 rings (SSSR count). The minimum Gasteiger partial charge on any atom is -0.381 e. The van der Waals surface area contributed by atoms with Crippen LogP contribution in [0.25, 0.3) is 0 Å². The number of carbonyl (C=O) groups is 1. The van der Waals surface area contributed by atoms with Gasteiger partial charge in [0, 0.05) is 26.1 Å². The molecule has 2 unspecified atom stereocenters. The zero-order valence-electron chi connectivity index (χ0n) is 9.10. The summed E-state index contributed by atoms with van der Waals surface area (Å²) >= 11 is 5.05. The molecule has 2 fully saturated rings. The summed E-state index contributed by atoms with van der Waals surface area (Å²) in [6.45, 7) is -0.201. The normalized spacial score (nSPS) is 34.0. The third-order valence-corrected chi connectivity index (χ3v) is 3.75. The highest BCUT2D eigenvalue weighted by Crippen LogP contribution is 2.48. The maximum atomic E-state index is 13.9. The second kappa shape index (κ2) is 4.31. The topological polar surface area (TPSA) is 29.5 Å². The Hall–Kier alpha value is -0.490. The molecule has 3 nitrogen and oxygen atoms in total. The van der Waals surface area contributed by atoms with Gasteiger partial charge in [0.25, 0.3) is 17.5 Å². The number of hydrogen-bond donors (Lipinski definition) is 0. The van der Waals surface area contributed by atoms with Crippen molar-refractivity contribution in [2.75, 3.05) is 26.3 Å². The summed E-state index contributed by atoms with van der Waals surface area (Å²) in [6.07, 6.45) is -0.283. The van der Waals surface area contributed by atoms with E-state index in [1.807, 2.05) is 0 Å². The predicted octanol–water partition coefficient (Wildman–Crippen LogP) is 1.80. The van der Waals surface area contributed by atoms with Gasteiger partial charge in [-0.1, -0.05) is 11.6 Å². The number of piperidine rings is 1. The molecular weight excluding hydrogens is 259 g/mol. The molecule has 1 amide bonds. The van der Waals surface area contributed by atoms with Crippen molar-refractivity contribution in [1.82, 2.24) is 4.90 Å². The van der Waals surface area contributed by atoms with Crippen molar-refractivity contribution in [2.24, 2.45) is 5.41 Å². The van der Waals surface area contributed by atoms with Crippen molar-refractivity contribution in [3.05, 3.63) is 0 Å². The molecule has 0 bridgehead atoms. The van der Waals surface area contributed by atoms with E-state index in [0.717, 1.165) is 4.90 Å². The molecule has 7 heteroatoms. The van der Waals surface area contributed by atoms with Gasteiger partial charge in [-0.15, -0.1) is 0 Å². The fraction of sp³-hybridized carbons (Fsp3) is 0.900. The summed E-state index contributed by atoms with van der Waals surface area (Å²) in [7, 11) is 0. The van der Waals surface area contributed by atoms with E-state index in [4.69, 9.17) is 16.3 Å². The predicted molar refractivity (Wildman–Crippen MR) is 54.8 cm³/mol. The average Bonchev–Trinajstić information content (AvgIpc) is 2.71. The van der Waals surface area contributed by atoms with Crippen LogP contribution in [-0.4, -0.2) is 48.7 Å². The van der Waals surface area contributed by atoms with Gasteiger partial charge in [0.05, 0.1) is 12.0 Å². The lowest BCUT2D eigenvalue weighted by Crippen LogP contribution is -2.58. The Balaban J connectivity index is 2.16. The third kappa shape index (κ3) is 2.12. The highest BCUT2D eigenvalue weighted by atomic mass is 35.5. The maximum Gasteiger partial charge on any atom is 0.272 e. The zero-order chi connectivity index (χ0) is 12.7. The number of halogens is 4. The first-order chi connectivity index (χ1) is 7.88. The molecule has 0 aliphatic carbocycles. The van der Waals surface area contributed by atoms with Crippen molar-refractivity contribution in [2.45, 2.75) is 24.4 Å². The molecule has 2 atom stereocenters. The first-order valence-corrected chi connectivity index (χ1v) is 5.84. The van der Waals surface area contributed by atoms with Crippen LogP contribution in [0.5, 0.6) is 0 Å². The van der Waals surface area contributed by atoms with Crippen LogP contribution in [0.2, 0.25) is 0 Å². The molecular formula is C10H13ClF3NO2. The lowest BCUT2D eigenvalue weighted by Gasteiger charge is -2.45. The summed E-state index contributed by atoms with van der Waals surface area (Å²) in [5.74, 6) is -3.81. The van der Waals surface area contributed by atoms with Gasteiger partial charge in [0.15, 0.2) is 0 Å². The van der Waals surface area contributed by atoms with Gasteiger partial charge in [0.2, 0.25) is 0 Å². The van der Waals surface area contributed by atoms with Crippen molar-refractivity contribution in [1.29, 1.82) is 0 Å². The molecule has 0 aromatic heterocycles. The zero-order valence-corrected chi connectivity index (χ0v) is 9.85. The van der Waals surface area contributed by atoms with Crippen molar-refractivity contribution >= 4 is 17.5 Å². The highest BCUT2D eigenvalue weighted by Gasteiger charge is 2.59. The van der Waals surface area contributed by atoms with E-state index in [1.54, 1.807) is 0 Å². The first-order valence-electron chi connectivity index (χ1n) is 5.40. The molecule has 2 aliphatic heterocycles. The lowest BCUT2D eigenvalue weighted by atomic mass is 9.76. The molecule has 98 valence electrons. The standard InChI is InChI=1S/C10H13ClF3NO2/c11-7(12)8(16)15-3-1-10(13,14)9(5-15)2-4-17-6-9/h7H,1-6H2. The third-order valence-electron chi connectivity index (χ3n) is 3.57. The van der Waals surface area contributed by atoms with Crippen LogP contribution in [0, 0.1) is 5.41 Å². The number of hydrogen-bond acceptors (Lipinski definition) is 2. The molecule has 0 radical (unpaired) electrons. The average molecular weight is 272 g/mol. The second-order valence-electron chi connectivity index (χ2n) is 4.60. The Kier molecular flexibility index (Phi) is 3.29. The number of likely N-dealkylation sites (tertiary alicyclic amines) is 1. The molecule has 1 spiro atoms. The van der Waals surface area contributed by atoms with E-state index in [0.29, 0.717) is 0 Å². The largest absolute Gasteiger partial charge is 0.381 e. The van der Waals surface area contributed by atoms with Gasteiger partial charge in [-0.2, -0.15) is 0 Å². The molecule has 0 N–H and O–H groups in total. The molecule has 0 saturated carbocycles. The second-order valence-corrected chi connectivity index (χ2v) is 4.98. The summed E-state index contributed by atoms with van der Waals surface area (Å²) in [5.41, 5.74) is -3.53. The van der Waals surface area contributed by atoms with Gasteiger partial charge in [-0.05, 0) is 6.42 Å². The van der Waals surface area contributed by atoms with Crippen LogP contribution in [0.15, 0.2) is 0 Å². The van der Waals surface area contributed by atoms with E-state index in [9.17, 15) is 18.0 Å². The smallest absolute Gasteiger partial charge is 0.272 e. The number of rotatable bonds is 1. The number of amides is 1. The Morgan fingerprint density at radius 3 is 2.65 bits per heavy atom. The van der Waals surface area contributed by atoms with Crippen LogP contribution in [-0.2, 0) is 9.53 Å².